The van der Waals surface area contributed by atoms with E-state index in [1.165, 1.54) is 0 Å². The number of rotatable bonds is 5. The molecular formula is C17H24IN3O3. The summed E-state index contributed by atoms with van der Waals surface area (Å²) in [7, 11) is 3.29. The summed E-state index contributed by atoms with van der Waals surface area (Å²) in [5, 5.41) is 16.3. The second-order valence-corrected chi connectivity index (χ2v) is 5.23. The lowest BCUT2D eigenvalue weighted by Gasteiger charge is -2.17. The van der Waals surface area contributed by atoms with Crippen LogP contribution in [0.25, 0.3) is 0 Å². The van der Waals surface area contributed by atoms with Gasteiger partial charge in [-0.25, -0.2) is 0 Å². The second kappa shape index (κ2) is 9.41. The van der Waals surface area contributed by atoms with Gasteiger partial charge in [-0.3, -0.25) is 4.99 Å². The molecule has 0 saturated carbocycles. The molecule has 7 heteroatoms. The van der Waals surface area contributed by atoms with Crippen molar-refractivity contribution in [1.29, 1.82) is 0 Å². The van der Waals surface area contributed by atoms with Crippen LogP contribution in [0.15, 0.2) is 39.7 Å². The van der Waals surface area contributed by atoms with Gasteiger partial charge in [0.25, 0.3) is 0 Å². The number of halogens is 1. The van der Waals surface area contributed by atoms with Crippen molar-refractivity contribution in [2.45, 2.75) is 26.4 Å². The molecule has 1 aromatic carbocycles. The molecule has 2 rings (SSSR count). The van der Waals surface area contributed by atoms with Crippen LogP contribution in [0.1, 0.15) is 30.0 Å². The summed E-state index contributed by atoms with van der Waals surface area (Å²) in [6.07, 6.45) is 0. The van der Waals surface area contributed by atoms with E-state index in [2.05, 4.69) is 15.6 Å². The van der Waals surface area contributed by atoms with E-state index in [0.29, 0.717) is 18.3 Å². The number of aliphatic imine (C=N–C) groups is 1. The van der Waals surface area contributed by atoms with Crippen LogP contribution in [-0.4, -0.2) is 25.2 Å². The first-order chi connectivity index (χ1) is 11.0. The van der Waals surface area contributed by atoms with Crippen LogP contribution in [-0.2, 0) is 6.54 Å². The number of phenolic OH excluding ortho intramolecular Hbond substituents is 1. The number of ether oxygens (including phenoxy) is 1. The molecule has 6 nitrogen and oxygen atoms in total. The van der Waals surface area contributed by atoms with E-state index in [1.807, 2.05) is 26.0 Å². The summed E-state index contributed by atoms with van der Waals surface area (Å²) in [6, 6.07) is 8.96. The molecule has 0 spiro atoms. The van der Waals surface area contributed by atoms with Crippen molar-refractivity contribution in [3.05, 3.63) is 47.4 Å². The maximum absolute atomic E-state index is 9.91. The van der Waals surface area contributed by atoms with E-state index in [1.54, 1.807) is 32.4 Å². The van der Waals surface area contributed by atoms with Gasteiger partial charge in [-0.05, 0) is 44.2 Å². The number of aryl methyl sites for hydroxylation is 1. The number of hydrogen-bond donors (Lipinski definition) is 3. The minimum atomic E-state index is -0.0196. The number of guanidine groups is 1. The molecule has 0 saturated heterocycles. The molecule has 3 N–H and O–H groups in total. The molecule has 0 aliphatic carbocycles. The predicted molar refractivity (Wildman–Crippen MR) is 105 cm³/mol. The summed E-state index contributed by atoms with van der Waals surface area (Å²) in [5.41, 5.74) is 0.730. The number of phenols is 1. The molecule has 0 bridgehead atoms. The zero-order chi connectivity index (χ0) is 16.8. The predicted octanol–water partition coefficient (Wildman–Crippen LogP) is 3.35. The van der Waals surface area contributed by atoms with E-state index in [9.17, 15) is 5.11 Å². The topological polar surface area (TPSA) is 79.0 Å². The highest BCUT2D eigenvalue weighted by atomic mass is 127. The number of hydrogen-bond acceptors (Lipinski definition) is 4. The van der Waals surface area contributed by atoms with Crippen LogP contribution in [0.4, 0.5) is 0 Å². The van der Waals surface area contributed by atoms with Gasteiger partial charge in [-0.15, -0.1) is 24.0 Å². The van der Waals surface area contributed by atoms with Gasteiger partial charge in [-0.1, -0.05) is 0 Å². The molecule has 1 aromatic heterocycles. The molecule has 0 fully saturated rings. The third-order valence-corrected chi connectivity index (χ3v) is 3.50. The largest absolute Gasteiger partial charge is 0.508 e. The van der Waals surface area contributed by atoms with Crippen molar-refractivity contribution in [3.63, 3.8) is 0 Å². The van der Waals surface area contributed by atoms with Crippen molar-refractivity contribution in [2.24, 2.45) is 4.99 Å². The minimum absolute atomic E-state index is 0. The number of nitrogens with zero attached hydrogens (tertiary/aromatic N) is 1. The quantitative estimate of drug-likeness (QED) is 0.374. The highest BCUT2D eigenvalue weighted by Crippen LogP contribution is 2.22. The Labute approximate surface area is 159 Å². The SMILES string of the molecule is CN=C(NCc1cc(OC)ccc1O)NC(C)c1ccc(C)o1.I. The summed E-state index contributed by atoms with van der Waals surface area (Å²) >= 11 is 0. The average Bonchev–Trinajstić information content (AvgIpc) is 2.99. The van der Waals surface area contributed by atoms with E-state index < -0.39 is 0 Å². The smallest absolute Gasteiger partial charge is 0.191 e. The van der Waals surface area contributed by atoms with Crippen molar-refractivity contribution < 1.29 is 14.3 Å². The van der Waals surface area contributed by atoms with Gasteiger partial charge in [0.1, 0.15) is 23.0 Å². The maximum Gasteiger partial charge on any atom is 0.191 e. The van der Waals surface area contributed by atoms with Gasteiger partial charge in [0.2, 0.25) is 0 Å². The normalized spacial score (nSPS) is 12.2. The number of methoxy groups -OCH3 is 1. The van der Waals surface area contributed by atoms with Gasteiger partial charge in [0.15, 0.2) is 5.96 Å². The molecular weight excluding hydrogens is 421 g/mol. The van der Waals surface area contributed by atoms with E-state index >= 15 is 0 Å². The Balaban J connectivity index is 0.00000288. The molecule has 2 aromatic rings. The van der Waals surface area contributed by atoms with Gasteiger partial charge in [-0.2, -0.15) is 0 Å². The van der Waals surface area contributed by atoms with Gasteiger partial charge in [0, 0.05) is 19.2 Å². The molecule has 1 unspecified atom stereocenters. The fourth-order valence-corrected chi connectivity index (χ4v) is 2.17. The lowest BCUT2D eigenvalue weighted by Crippen LogP contribution is -2.38. The maximum atomic E-state index is 9.91. The molecule has 0 amide bonds. The summed E-state index contributed by atoms with van der Waals surface area (Å²) in [4.78, 5) is 4.19. The van der Waals surface area contributed by atoms with Crippen LogP contribution in [0.2, 0.25) is 0 Å². The Morgan fingerprint density at radius 3 is 2.67 bits per heavy atom. The van der Waals surface area contributed by atoms with E-state index in [0.717, 1.165) is 17.1 Å². The molecule has 0 aliphatic rings. The first-order valence-electron chi connectivity index (χ1n) is 7.43. The Hall–Kier alpha value is -1.90. The number of aromatic hydroxyl groups is 1. The van der Waals surface area contributed by atoms with Crippen LogP contribution >= 0.6 is 24.0 Å². The van der Waals surface area contributed by atoms with E-state index in [4.69, 9.17) is 9.15 Å². The van der Waals surface area contributed by atoms with Crippen molar-refractivity contribution >= 4 is 29.9 Å². The number of benzene rings is 1. The van der Waals surface area contributed by atoms with Gasteiger partial charge < -0.3 is 24.9 Å². The van der Waals surface area contributed by atoms with Crippen LogP contribution in [0, 0.1) is 6.92 Å². The molecule has 0 radical (unpaired) electrons. The van der Waals surface area contributed by atoms with Gasteiger partial charge >= 0.3 is 0 Å². The highest BCUT2D eigenvalue weighted by Gasteiger charge is 2.12. The first kappa shape index (κ1) is 20.1. The lowest BCUT2D eigenvalue weighted by atomic mass is 10.2. The second-order valence-electron chi connectivity index (χ2n) is 5.23. The van der Waals surface area contributed by atoms with Crippen molar-refractivity contribution in [3.8, 4) is 11.5 Å². The first-order valence-corrected chi connectivity index (χ1v) is 7.43. The highest BCUT2D eigenvalue weighted by molar-refractivity contribution is 14.0. The van der Waals surface area contributed by atoms with Crippen LogP contribution < -0.4 is 15.4 Å². The third kappa shape index (κ3) is 5.33. The summed E-state index contributed by atoms with van der Waals surface area (Å²) in [5.74, 6) is 3.24. The van der Waals surface area contributed by atoms with Gasteiger partial charge in [0.05, 0.1) is 13.2 Å². The molecule has 1 atom stereocenters. The Morgan fingerprint density at radius 1 is 1.33 bits per heavy atom. The molecule has 132 valence electrons. The lowest BCUT2D eigenvalue weighted by molar-refractivity contribution is 0.410. The zero-order valence-corrected chi connectivity index (χ0v) is 16.6. The fraction of sp³-hybridized carbons (Fsp3) is 0.353. The standard InChI is InChI=1S/C17H23N3O3.HI/c1-11-5-8-16(23-11)12(2)20-17(18-3)19-10-13-9-14(22-4)6-7-15(13)21;/h5-9,12,21H,10H2,1-4H3,(H2,18,19,20);1H. The Kier molecular flexibility index (Phi) is 7.90. The van der Waals surface area contributed by atoms with Crippen molar-refractivity contribution in [1.82, 2.24) is 10.6 Å². The van der Waals surface area contributed by atoms with Crippen LogP contribution in [0.5, 0.6) is 11.5 Å². The van der Waals surface area contributed by atoms with Crippen molar-refractivity contribution in [2.75, 3.05) is 14.2 Å². The molecule has 0 aliphatic heterocycles. The average molecular weight is 445 g/mol. The molecule has 1 heterocycles. The molecule has 24 heavy (non-hydrogen) atoms. The fourth-order valence-electron chi connectivity index (χ4n) is 2.17. The zero-order valence-electron chi connectivity index (χ0n) is 14.3. The number of nitrogens with one attached hydrogen (secondary N) is 2. The summed E-state index contributed by atoms with van der Waals surface area (Å²) in [6.45, 7) is 4.33. The third-order valence-electron chi connectivity index (χ3n) is 3.50. The Morgan fingerprint density at radius 2 is 2.08 bits per heavy atom. The van der Waals surface area contributed by atoms with E-state index in [-0.39, 0.29) is 35.8 Å². The monoisotopic (exact) mass is 445 g/mol. The Bertz CT molecular complexity index is 685. The van der Waals surface area contributed by atoms with Crippen LogP contribution in [0.3, 0.4) is 0 Å². The summed E-state index contributed by atoms with van der Waals surface area (Å²) < 4.78 is 10.8. The minimum Gasteiger partial charge on any atom is -0.508 e. The number of furan rings is 1.